The topological polar surface area (TPSA) is 59.2 Å². The summed E-state index contributed by atoms with van der Waals surface area (Å²) < 4.78 is 12.0. The van der Waals surface area contributed by atoms with Crippen molar-refractivity contribution in [3.8, 4) is 11.5 Å². The summed E-state index contributed by atoms with van der Waals surface area (Å²) in [5.74, 6) is 2.40. The summed E-state index contributed by atoms with van der Waals surface area (Å²) in [6.45, 7) is 4.25. The van der Waals surface area contributed by atoms with E-state index in [1.807, 2.05) is 73.7 Å². The molecule has 154 valence electrons. The number of ether oxygens (including phenoxy) is 2. The maximum atomic E-state index is 6.17. The quantitative estimate of drug-likeness (QED) is 0.375. The molecule has 0 atom stereocenters. The first-order chi connectivity index (χ1) is 14.7. The summed E-state index contributed by atoms with van der Waals surface area (Å²) in [5, 5.41) is 4.16. The van der Waals surface area contributed by atoms with Gasteiger partial charge in [0.1, 0.15) is 12.4 Å². The Kier molecular flexibility index (Phi) is 6.52. The average Bonchev–Trinajstić information content (AvgIpc) is 3.17. The first-order valence-corrected chi connectivity index (χ1v) is 10.4. The summed E-state index contributed by atoms with van der Waals surface area (Å²) in [6.07, 6.45) is 0. The monoisotopic (exact) mass is 421 g/mol. The largest absolute Gasteiger partial charge is 0.490 e. The Morgan fingerprint density at radius 3 is 2.57 bits per heavy atom. The van der Waals surface area contributed by atoms with Gasteiger partial charge in [0.2, 0.25) is 0 Å². The predicted octanol–water partition coefficient (Wildman–Crippen LogP) is 5.48. The lowest BCUT2D eigenvalue weighted by atomic mass is 10.1. The molecule has 1 aromatic heterocycles. The molecular weight excluding hydrogens is 398 g/mol. The minimum Gasteiger partial charge on any atom is -0.490 e. The van der Waals surface area contributed by atoms with Crippen LogP contribution in [-0.2, 0) is 19.7 Å². The van der Waals surface area contributed by atoms with Crippen LogP contribution in [-0.4, -0.2) is 16.6 Å². The van der Waals surface area contributed by atoms with Crippen LogP contribution in [0.15, 0.2) is 66.7 Å². The van der Waals surface area contributed by atoms with Crippen LogP contribution in [0.2, 0.25) is 5.02 Å². The summed E-state index contributed by atoms with van der Waals surface area (Å²) in [4.78, 5) is 7.95. The second-order valence-electron chi connectivity index (χ2n) is 6.90. The third-order valence-electron chi connectivity index (χ3n) is 4.70. The SMILES string of the molecule is CCOc1cccc(CNCc2nc3ccccc3[nH]2)c1OCc1ccc(Cl)cc1. The molecule has 0 bridgehead atoms. The Morgan fingerprint density at radius 1 is 0.933 bits per heavy atom. The molecule has 3 aromatic carbocycles. The Balaban J connectivity index is 1.45. The van der Waals surface area contributed by atoms with E-state index < -0.39 is 0 Å². The first-order valence-electron chi connectivity index (χ1n) is 9.99. The minimum absolute atomic E-state index is 0.442. The van der Waals surface area contributed by atoms with E-state index in [-0.39, 0.29) is 0 Å². The molecule has 0 saturated heterocycles. The number of benzene rings is 3. The van der Waals surface area contributed by atoms with Gasteiger partial charge in [0.05, 0.1) is 24.2 Å². The number of hydrogen-bond acceptors (Lipinski definition) is 4. The predicted molar refractivity (Wildman–Crippen MR) is 120 cm³/mol. The normalized spacial score (nSPS) is 11.0. The van der Waals surface area contributed by atoms with Crippen molar-refractivity contribution in [2.75, 3.05) is 6.61 Å². The average molecular weight is 422 g/mol. The third kappa shape index (κ3) is 4.93. The third-order valence-corrected chi connectivity index (χ3v) is 4.96. The molecule has 0 amide bonds. The van der Waals surface area contributed by atoms with Gasteiger partial charge < -0.3 is 19.8 Å². The summed E-state index contributed by atoms with van der Waals surface area (Å²) >= 11 is 5.98. The van der Waals surface area contributed by atoms with Gasteiger partial charge in [-0.05, 0) is 42.8 Å². The molecule has 5 nitrogen and oxygen atoms in total. The Morgan fingerprint density at radius 2 is 1.77 bits per heavy atom. The maximum Gasteiger partial charge on any atom is 0.166 e. The lowest BCUT2D eigenvalue weighted by molar-refractivity contribution is 0.266. The minimum atomic E-state index is 0.442. The zero-order valence-electron chi connectivity index (χ0n) is 16.8. The molecule has 4 aromatic rings. The van der Waals surface area contributed by atoms with Crippen LogP contribution in [0.1, 0.15) is 23.9 Å². The number of aromatic nitrogens is 2. The number of para-hydroxylation sites is 3. The van der Waals surface area contributed by atoms with Gasteiger partial charge in [-0.2, -0.15) is 0 Å². The number of fused-ring (bicyclic) bond motifs is 1. The number of nitrogens with zero attached hydrogens (tertiary/aromatic N) is 1. The van der Waals surface area contributed by atoms with Gasteiger partial charge in [0, 0.05) is 17.1 Å². The van der Waals surface area contributed by atoms with Crippen molar-refractivity contribution >= 4 is 22.6 Å². The zero-order valence-corrected chi connectivity index (χ0v) is 17.6. The molecule has 2 N–H and O–H groups in total. The van der Waals surface area contributed by atoms with Gasteiger partial charge in [-0.1, -0.05) is 48.0 Å². The van der Waals surface area contributed by atoms with Crippen LogP contribution in [0.3, 0.4) is 0 Å². The van der Waals surface area contributed by atoms with E-state index in [0.717, 1.165) is 39.5 Å². The van der Waals surface area contributed by atoms with Crippen molar-refractivity contribution in [1.82, 2.24) is 15.3 Å². The fraction of sp³-hybridized carbons (Fsp3) is 0.208. The highest BCUT2D eigenvalue weighted by atomic mass is 35.5. The fourth-order valence-electron chi connectivity index (χ4n) is 3.27. The second kappa shape index (κ2) is 9.65. The van der Waals surface area contributed by atoms with Gasteiger partial charge in [0.25, 0.3) is 0 Å². The van der Waals surface area contributed by atoms with E-state index in [1.165, 1.54) is 0 Å². The van der Waals surface area contributed by atoms with E-state index in [4.69, 9.17) is 21.1 Å². The summed E-state index contributed by atoms with van der Waals surface area (Å²) in [7, 11) is 0. The standard InChI is InChI=1S/C24H24ClN3O2/c1-2-29-22-9-5-6-18(24(22)30-16-17-10-12-19(25)13-11-17)14-26-15-23-27-20-7-3-4-8-21(20)28-23/h3-13,26H,2,14-16H2,1H3,(H,27,28). The Bertz CT molecular complexity index is 1080. The van der Waals surface area contributed by atoms with Gasteiger partial charge in [-0.3, -0.25) is 0 Å². The zero-order chi connectivity index (χ0) is 20.8. The molecule has 0 fully saturated rings. The first kappa shape index (κ1) is 20.3. The number of H-pyrrole nitrogens is 1. The van der Waals surface area contributed by atoms with Gasteiger partial charge in [0.15, 0.2) is 11.5 Å². The number of imidazole rings is 1. The van der Waals surface area contributed by atoms with Crippen molar-refractivity contribution in [3.63, 3.8) is 0 Å². The molecule has 6 heteroatoms. The van der Waals surface area contributed by atoms with E-state index in [9.17, 15) is 0 Å². The van der Waals surface area contributed by atoms with E-state index in [2.05, 4.69) is 15.3 Å². The molecule has 0 aliphatic carbocycles. The van der Waals surface area contributed by atoms with Crippen molar-refractivity contribution in [2.24, 2.45) is 0 Å². The molecule has 30 heavy (non-hydrogen) atoms. The van der Waals surface area contributed by atoms with Crippen LogP contribution in [0.5, 0.6) is 11.5 Å². The number of nitrogens with one attached hydrogen (secondary N) is 2. The number of hydrogen-bond donors (Lipinski definition) is 2. The van der Waals surface area contributed by atoms with Crippen LogP contribution in [0.25, 0.3) is 11.0 Å². The highest BCUT2D eigenvalue weighted by molar-refractivity contribution is 6.30. The van der Waals surface area contributed by atoms with Gasteiger partial charge >= 0.3 is 0 Å². The van der Waals surface area contributed by atoms with Crippen LogP contribution < -0.4 is 14.8 Å². The van der Waals surface area contributed by atoms with Crippen molar-refractivity contribution in [2.45, 2.75) is 26.6 Å². The molecule has 0 aliphatic rings. The number of aromatic amines is 1. The maximum absolute atomic E-state index is 6.17. The molecular formula is C24H24ClN3O2. The summed E-state index contributed by atoms with van der Waals surface area (Å²) in [6, 6.07) is 21.6. The number of halogens is 1. The molecule has 0 unspecified atom stereocenters. The smallest absolute Gasteiger partial charge is 0.166 e. The van der Waals surface area contributed by atoms with Crippen LogP contribution in [0.4, 0.5) is 0 Å². The molecule has 4 rings (SSSR count). The molecule has 0 saturated carbocycles. The van der Waals surface area contributed by atoms with Gasteiger partial charge in [-0.15, -0.1) is 0 Å². The summed E-state index contributed by atoms with van der Waals surface area (Å²) in [5.41, 5.74) is 4.09. The second-order valence-corrected chi connectivity index (χ2v) is 7.33. The molecule has 1 heterocycles. The number of rotatable bonds is 9. The van der Waals surface area contributed by atoms with E-state index >= 15 is 0 Å². The molecule has 0 aliphatic heterocycles. The highest BCUT2D eigenvalue weighted by Crippen LogP contribution is 2.32. The van der Waals surface area contributed by atoms with Gasteiger partial charge in [-0.25, -0.2) is 4.98 Å². The highest BCUT2D eigenvalue weighted by Gasteiger charge is 2.12. The Hall–Kier alpha value is -3.02. The van der Waals surface area contributed by atoms with E-state index in [1.54, 1.807) is 0 Å². The molecule has 0 radical (unpaired) electrons. The lowest BCUT2D eigenvalue weighted by Crippen LogP contribution is -2.15. The van der Waals surface area contributed by atoms with Crippen molar-refractivity contribution < 1.29 is 9.47 Å². The van der Waals surface area contributed by atoms with Crippen LogP contribution >= 0.6 is 11.6 Å². The van der Waals surface area contributed by atoms with Crippen LogP contribution in [0, 0.1) is 0 Å². The molecule has 0 spiro atoms. The van der Waals surface area contributed by atoms with Crippen molar-refractivity contribution in [3.05, 3.63) is 88.7 Å². The van der Waals surface area contributed by atoms with Crippen molar-refractivity contribution in [1.29, 1.82) is 0 Å². The fourth-order valence-corrected chi connectivity index (χ4v) is 3.40. The lowest BCUT2D eigenvalue weighted by Gasteiger charge is -2.16. The van der Waals surface area contributed by atoms with E-state index in [0.29, 0.717) is 31.3 Å². The Labute approximate surface area is 181 Å².